The van der Waals surface area contributed by atoms with E-state index in [1.54, 1.807) is 0 Å². The molecule has 2 nitrogen and oxygen atoms in total. The first-order valence-corrected chi connectivity index (χ1v) is 7.15. The fraction of sp³-hybridized carbons (Fsp3) is 0.769. The SMILES string of the molecule is CCCCCCCCn1nc(C)c(Br)c1C. The van der Waals surface area contributed by atoms with E-state index in [0.717, 1.165) is 12.2 Å². The van der Waals surface area contributed by atoms with Crippen LogP contribution in [0.2, 0.25) is 0 Å². The summed E-state index contributed by atoms with van der Waals surface area (Å²) >= 11 is 3.56. The molecule has 0 amide bonds. The van der Waals surface area contributed by atoms with Gasteiger partial charge in [-0.05, 0) is 36.2 Å². The summed E-state index contributed by atoms with van der Waals surface area (Å²) in [6.07, 6.45) is 8.04. The number of unbranched alkanes of at least 4 members (excludes halogenated alkanes) is 5. The first kappa shape index (κ1) is 13.8. The van der Waals surface area contributed by atoms with Crippen molar-refractivity contribution in [2.24, 2.45) is 0 Å². The largest absolute Gasteiger partial charge is 0.268 e. The molecule has 0 aliphatic heterocycles. The highest BCUT2D eigenvalue weighted by molar-refractivity contribution is 9.10. The molecule has 0 unspecified atom stereocenters. The van der Waals surface area contributed by atoms with Crippen LogP contribution < -0.4 is 0 Å². The Morgan fingerprint density at radius 1 is 1.06 bits per heavy atom. The summed E-state index contributed by atoms with van der Waals surface area (Å²) in [4.78, 5) is 0. The highest BCUT2D eigenvalue weighted by Crippen LogP contribution is 2.20. The van der Waals surface area contributed by atoms with Crippen molar-refractivity contribution in [1.82, 2.24) is 9.78 Å². The van der Waals surface area contributed by atoms with E-state index in [-0.39, 0.29) is 0 Å². The second-order valence-electron chi connectivity index (χ2n) is 4.48. The summed E-state index contributed by atoms with van der Waals surface area (Å²) in [6, 6.07) is 0. The van der Waals surface area contributed by atoms with Crippen LogP contribution >= 0.6 is 15.9 Å². The maximum atomic E-state index is 4.51. The highest BCUT2D eigenvalue weighted by atomic mass is 79.9. The molecule has 1 rings (SSSR count). The molecule has 1 aromatic heterocycles. The minimum atomic E-state index is 1.06. The summed E-state index contributed by atoms with van der Waals surface area (Å²) in [5.74, 6) is 0. The molecule has 0 spiro atoms. The lowest BCUT2D eigenvalue weighted by Gasteiger charge is -2.04. The van der Waals surface area contributed by atoms with Crippen LogP contribution in [0.25, 0.3) is 0 Å². The third-order valence-electron chi connectivity index (χ3n) is 3.02. The number of halogens is 1. The van der Waals surface area contributed by atoms with Crippen molar-refractivity contribution in [2.45, 2.75) is 65.8 Å². The monoisotopic (exact) mass is 286 g/mol. The quantitative estimate of drug-likeness (QED) is 0.669. The third kappa shape index (κ3) is 3.93. The van der Waals surface area contributed by atoms with E-state index >= 15 is 0 Å². The molecule has 0 saturated carbocycles. The summed E-state index contributed by atoms with van der Waals surface area (Å²) in [5, 5.41) is 4.51. The van der Waals surface area contributed by atoms with Gasteiger partial charge in [0.15, 0.2) is 0 Å². The Balaban J connectivity index is 2.24. The number of hydrogen-bond donors (Lipinski definition) is 0. The van der Waals surface area contributed by atoms with Crippen molar-refractivity contribution in [3.05, 3.63) is 15.9 Å². The summed E-state index contributed by atoms with van der Waals surface area (Å²) in [5.41, 5.74) is 2.36. The molecule has 3 heteroatoms. The highest BCUT2D eigenvalue weighted by Gasteiger charge is 2.07. The van der Waals surface area contributed by atoms with Gasteiger partial charge in [-0.3, -0.25) is 4.68 Å². The van der Waals surface area contributed by atoms with E-state index in [2.05, 4.69) is 46.5 Å². The molecular formula is C13H23BrN2. The Bertz CT molecular complexity index is 318. The van der Waals surface area contributed by atoms with E-state index in [1.807, 2.05) is 0 Å². The molecule has 0 bridgehead atoms. The molecule has 16 heavy (non-hydrogen) atoms. The van der Waals surface area contributed by atoms with Gasteiger partial charge in [0.05, 0.1) is 10.2 Å². The van der Waals surface area contributed by atoms with E-state index in [9.17, 15) is 0 Å². The predicted octanol–water partition coefficient (Wildman–Crippen LogP) is 4.62. The first-order chi connectivity index (χ1) is 7.66. The van der Waals surface area contributed by atoms with Crippen molar-refractivity contribution in [1.29, 1.82) is 0 Å². The average molecular weight is 287 g/mol. The van der Waals surface area contributed by atoms with Crippen LogP contribution in [0.4, 0.5) is 0 Å². The van der Waals surface area contributed by atoms with Crippen LogP contribution in [0, 0.1) is 13.8 Å². The van der Waals surface area contributed by atoms with Crippen LogP contribution in [0.3, 0.4) is 0 Å². The summed E-state index contributed by atoms with van der Waals surface area (Å²) < 4.78 is 3.29. The molecule has 0 N–H and O–H groups in total. The maximum Gasteiger partial charge on any atom is 0.0738 e. The summed E-state index contributed by atoms with van der Waals surface area (Å²) in [6.45, 7) is 7.49. The minimum Gasteiger partial charge on any atom is -0.268 e. The molecule has 0 aromatic carbocycles. The van der Waals surface area contributed by atoms with Crippen molar-refractivity contribution >= 4 is 15.9 Å². The van der Waals surface area contributed by atoms with Gasteiger partial charge in [0.1, 0.15) is 0 Å². The van der Waals surface area contributed by atoms with Gasteiger partial charge in [-0.2, -0.15) is 5.10 Å². The first-order valence-electron chi connectivity index (χ1n) is 6.36. The van der Waals surface area contributed by atoms with Crippen LogP contribution in [0.5, 0.6) is 0 Å². The van der Waals surface area contributed by atoms with E-state index in [1.165, 1.54) is 48.7 Å². The smallest absolute Gasteiger partial charge is 0.0738 e. The zero-order valence-electron chi connectivity index (χ0n) is 10.7. The Kier molecular flexibility index (Phi) is 6.10. The molecular weight excluding hydrogens is 264 g/mol. The molecule has 0 saturated heterocycles. The molecule has 0 aliphatic carbocycles. The Hall–Kier alpha value is -0.310. The van der Waals surface area contributed by atoms with Crippen LogP contribution in [0.15, 0.2) is 4.47 Å². The van der Waals surface area contributed by atoms with Gasteiger partial charge in [-0.15, -0.1) is 0 Å². The molecule has 1 heterocycles. The molecule has 1 aromatic rings. The van der Waals surface area contributed by atoms with Crippen molar-refractivity contribution in [2.75, 3.05) is 0 Å². The van der Waals surface area contributed by atoms with E-state index in [0.29, 0.717) is 0 Å². The lowest BCUT2D eigenvalue weighted by molar-refractivity contribution is 0.518. The van der Waals surface area contributed by atoms with Crippen LogP contribution in [-0.2, 0) is 6.54 Å². The fourth-order valence-electron chi connectivity index (χ4n) is 1.93. The third-order valence-corrected chi connectivity index (χ3v) is 4.16. The Morgan fingerprint density at radius 2 is 1.69 bits per heavy atom. The van der Waals surface area contributed by atoms with Gasteiger partial charge in [-0.1, -0.05) is 39.0 Å². The Morgan fingerprint density at radius 3 is 2.25 bits per heavy atom. The number of aryl methyl sites for hydroxylation is 2. The maximum absolute atomic E-state index is 4.51. The second kappa shape index (κ2) is 7.10. The van der Waals surface area contributed by atoms with Gasteiger partial charge in [0, 0.05) is 12.2 Å². The zero-order chi connectivity index (χ0) is 12.0. The van der Waals surface area contributed by atoms with Gasteiger partial charge < -0.3 is 0 Å². The second-order valence-corrected chi connectivity index (χ2v) is 5.27. The van der Waals surface area contributed by atoms with Crippen molar-refractivity contribution in [3.63, 3.8) is 0 Å². The Labute approximate surface area is 108 Å². The normalized spacial score (nSPS) is 11.0. The molecule has 0 aliphatic rings. The molecule has 92 valence electrons. The van der Waals surface area contributed by atoms with Gasteiger partial charge in [-0.25, -0.2) is 0 Å². The van der Waals surface area contributed by atoms with Gasteiger partial charge >= 0.3 is 0 Å². The minimum absolute atomic E-state index is 1.06. The zero-order valence-corrected chi connectivity index (χ0v) is 12.3. The van der Waals surface area contributed by atoms with Gasteiger partial charge in [0.2, 0.25) is 0 Å². The molecule has 0 fully saturated rings. The predicted molar refractivity (Wildman–Crippen MR) is 72.8 cm³/mol. The number of rotatable bonds is 7. The molecule has 0 atom stereocenters. The van der Waals surface area contributed by atoms with E-state index < -0.39 is 0 Å². The number of nitrogens with zero attached hydrogens (tertiary/aromatic N) is 2. The van der Waals surface area contributed by atoms with E-state index in [4.69, 9.17) is 0 Å². The average Bonchev–Trinajstić information content (AvgIpc) is 2.51. The van der Waals surface area contributed by atoms with Crippen LogP contribution in [-0.4, -0.2) is 9.78 Å². The number of aromatic nitrogens is 2. The topological polar surface area (TPSA) is 17.8 Å². The lowest BCUT2D eigenvalue weighted by atomic mass is 10.1. The summed E-state index contributed by atoms with van der Waals surface area (Å²) in [7, 11) is 0. The fourth-order valence-corrected chi connectivity index (χ4v) is 2.22. The van der Waals surface area contributed by atoms with Gasteiger partial charge in [0.25, 0.3) is 0 Å². The standard InChI is InChI=1S/C13H23BrN2/c1-4-5-6-7-8-9-10-16-12(3)13(14)11(2)15-16/h4-10H2,1-3H3. The van der Waals surface area contributed by atoms with Crippen molar-refractivity contribution in [3.8, 4) is 0 Å². The van der Waals surface area contributed by atoms with Crippen LogP contribution in [0.1, 0.15) is 56.8 Å². The lowest BCUT2D eigenvalue weighted by Crippen LogP contribution is -2.02. The number of hydrogen-bond acceptors (Lipinski definition) is 1. The molecule has 0 radical (unpaired) electrons. The van der Waals surface area contributed by atoms with Crippen molar-refractivity contribution < 1.29 is 0 Å².